The van der Waals surface area contributed by atoms with Crippen molar-refractivity contribution >= 4 is 40.0 Å². The van der Waals surface area contributed by atoms with Gasteiger partial charge >= 0.3 is 0 Å². The second-order valence-electron chi connectivity index (χ2n) is 5.21. The predicted molar refractivity (Wildman–Crippen MR) is 108 cm³/mol. The monoisotopic (exact) mass is 472 g/mol. The molecule has 0 aliphatic heterocycles. The fourth-order valence-corrected chi connectivity index (χ4v) is 3.61. The molecule has 7 nitrogen and oxygen atoms in total. The molecule has 2 N–H and O–H groups in total. The number of hydrogen-bond acceptors (Lipinski definition) is 4. The molecule has 0 spiro atoms. The van der Waals surface area contributed by atoms with E-state index in [4.69, 9.17) is 4.42 Å². The van der Waals surface area contributed by atoms with Gasteiger partial charge in [0, 0.05) is 26.7 Å². The summed E-state index contributed by atoms with van der Waals surface area (Å²) in [6, 6.07) is 3.75. The average molecular weight is 472 g/mol. The van der Waals surface area contributed by atoms with Crippen LogP contribution < -0.4 is 10.6 Å². The average Bonchev–Trinajstić information content (AvgIpc) is 2.93. The van der Waals surface area contributed by atoms with E-state index in [2.05, 4.69) is 15.6 Å². The Balaban J connectivity index is 0.00000529. The van der Waals surface area contributed by atoms with Crippen molar-refractivity contribution in [3.8, 4) is 0 Å². The van der Waals surface area contributed by atoms with Gasteiger partial charge in [0.05, 0.1) is 11.8 Å². The number of rotatable bonds is 8. The molecule has 1 heterocycles. The summed E-state index contributed by atoms with van der Waals surface area (Å²) in [6.07, 6.45) is 0. The van der Waals surface area contributed by atoms with E-state index in [0.717, 1.165) is 11.5 Å². The fourth-order valence-electron chi connectivity index (χ4n) is 2.20. The lowest BCUT2D eigenvalue weighted by atomic mass is 10.2. The molecule has 0 amide bonds. The Morgan fingerprint density at radius 2 is 1.96 bits per heavy atom. The number of sulfonamides is 1. The van der Waals surface area contributed by atoms with Crippen molar-refractivity contribution in [3.05, 3.63) is 23.7 Å². The molecule has 0 radical (unpaired) electrons. The normalized spacial score (nSPS) is 13.5. The van der Waals surface area contributed by atoms with Crippen LogP contribution in [-0.4, -0.2) is 51.1 Å². The van der Waals surface area contributed by atoms with Crippen molar-refractivity contribution in [3.63, 3.8) is 0 Å². The molecule has 1 rings (SSSR count). The van der Waals surface area contributed by atoms with Gasteiger partial charge in [0.2, 0.25) is 10.0 Å². The molecule has 9 heteroatoms. The molecule has 0 aromatic carbocycles. The maximum atomic E-state index is 12.1. The zero-order valence-electron chi connectivity index (χ0n) is 15.0. The van der Waals surface area contributed by atoms with Gasteiger partial charge < -0.3 is 15.1 Å². The number of hydrogen-bond donors (Lipinski definition) is 2. The third-order valence-corrected chi connectivity index (χ3v) is 5.54. The van der Waals surface area contributed by atoms with Gasteiger partial charge in [-0.1, -0.05) is 13.8 Å². The van der Waals surface area contributed by atoms with Crippen molar-refractivity contribution in [1.82, 2.24) is 14.9 Å². The summed E-state index contributed by atoms with van der Waals surface area (Å²) in [5, 5.41) is 6.20. The van der Waals surface area contributed by atoms with E-state index in [1.54, 1.807) is 7.05 Å². The van der Waals surface area contributed by atoms with E-state index in [1.165, 1.54) is 4.31 Å². The van der Waals surface area contributed by atoms with Crippen LogP contribution in [0.4, 0.5) is 0 Å². The van der Waals surface area contributed by atoms with Crippen LogP contribution in [0, 0.1) is 6.92 Å². The van der Waals surface area contributed by atoms with Crippen molar-refractivity contribution in [2.75, 3.05) is 32.4 Å². The summed E-state index contributed by atoms with van der Waals surface area (Å²) < 4.78 is 31.3. The van der Waals surface area contributed by atoms with Crippen LogP contribution in [0.1, 0.15) is 38.3 Å². The number of aryl methyl sites for hydroxylation is 1. The van der Waals surface area contributed by atoms with Gasteiger partial charge in [0.1, 0.15) is 11.5 Å². The maximum absolute atomic E-state index is 12.1. The standard InChI is InChI=1S/C15H28N4O3S.HI/c1-6-19(7-2)23(20,21)11-10-17-15(16-5)18-13(4)14-9-8-12(3)22-14;/h8-9,13H,6-7,10-11H2,1-5H3,(H2,16,17,18);1H. The highest BCUT2D eigenvalue weighted by Gasteiger charge is 2.18. The van der Waals surface area contributed by atoms with E-state index < -0.39 is 10.0 Å². The molecule has 0 aliphatic rings. The molecule has 0 bridgehead atoms. The van der Waals surface area contributed by atoms with Crippen LogP contribution in [0.15, 0.2) is 21.5 Å². The smallest absolute Gasteiger partial charge is 0.215 e. The molecule has 1 unspecified atom stereocenters. The molecule has 1 atom stereocenters. The third kappa shape index (κ3) is 6.98. The van der Waals surface area contributed by atoms with Gasteiger partial charge in [-0.05, 0) is 26.0 Å². The minimum atomic E-state index is -3.23. The van der Waals surface area contributed by atoms with Crippen LogP contribution in [0.5, 0.6) is 0 Å². The number of nitrogens with one attached hydrogen (secondary N) is 2. The summed E-state index contributed by atoms with van der Waals surface area (Å²) in [6.45, 7) is 8.78. The van der Waals surface area contributed by atoms with E-state index in [1.807, 2.05) is 39.8 Å². The Bertz CT molecular complexity index is 612. The van der Waals surface area contributed by atoms with Crippen LogP contribution in [0.3, 0.4) is 0 Å². The highest BCUT2D eigenvalue weighted by Crippen LogP contribution is 2.15. The lowest BCUT2D eigenvalue weighted by Gasteiger charge is -2.20. The quantitative estimate of drug-likeness (QED) is 0.344. The summed E-state index contributed by atoms with van der Waals surface area (Å²) in [5.41, 5.74) is 0. The summed E-state index contributed by atoms with van der Waals surface area (Å²) in [7, 11) is -1.59. The SMILES string of the molecule is CCN(CC)S(=O)(=O)CCNC(=NC)NC(C)c1ccc(C)o1.I. The molecule has 0 fully saturated rings. The van der Waals surface area contributed by atoms with E-state index in [-0.39, 0.29) is 35.8 Å². The van der Waals surface area contributed by atoms with Crippen molar-refractivity contribution in [1.29, 1.82) is 0 Å². The molecule has 1 aromatic heterocycles. The first kappa shape index (κ1) is 23.2. The number of aliphatic imine (C=N–C) groups is 1. The molecule has 0 saturated heterocycles. The second kappa shape index (κ2) is 10.9. The minimum absolute atomic E-state index is 0. The zero-order chi connectivity index (χ0) is 17.5. The van der Waals surface area contributed by atoms with Gasteiger partial charge in [-0.3, -0.25) is 4.99 Å². The maximum Gasteiger partial charge on any atom is 0.215 e. The predicted octanol–water partition coefficient (Wildman–Crippen LogP) is 2.10. The largest absolute Gasteiger partial charge is 0.464 e. The van der Waals surface area contributed by atoms with Gasteiger partial charge in [-0.15, -0.1) is 24.0 Å². The Labute approximate surface area is 162 Å². The third-order valence-electron chi connectivity index (χ3n) is 3.52. The number of halogens is 1. The topological polar surface area (TPSA) is 86.9 Å². The Kier molecular flexibility index (Phi) is 10.6. The molecular weight excluding hydrogens is 443 g/mol. The highest BCUT2D eigenvalue weighted by molar-refractivity contribution is 14.0. The van der Waals surface area contributed by atoms with Crippen LogP contribution in [0.2, 0.25) is 0 Å². The van der Waals surface area contributed by atoms with Crippen LogP contribution >= 0.6 is 24.0 Å². The molecule has 1 aromatic rings. The molecule has 140 valence electrons. The van der Waals surface area contributed by atoms with Gasteiger partial charge in [-0.2, -0.15) is 0 Å². The van der Waals surface area contributed by atoms with Crippen LogP contribution in [-0.2, 0) is 10.0 Å². The number of guanidine groups is 1. The first-order valence-electron chi connectivity index (χ1n) is 7.85. The Morgan fingerprint density at radius 3 is 2.42 bits per heavy atom. The summed E-state index contributed by atoms with van der Waals surface area (Å²) >= 11 is 0. The lowest BCUT2D eigenvalue weighted by molar-refractivity contribution is 0.440. The first-order valence-corrected chi connectivity index (χ1v) is 9.46. The zero-order valence-corrected chi connectivity index (χ0v) is 18.1. The fraction of sp³-hybridized carbons (Fsp3) is 0.667. The Hall–Kier alpha value is -0.810. The van der Waals surface area contributed by atoms with Crippen LogP contribution in [0.25, 0.3) is 0 Å². The lowest BCUT2D eigenvalue weighted by Crippen LogP contribution is -2.42. The van der Waals surface area contributed by atoms with Crippen molar-refractivity contribution in [2.24, 2.45) is 4.99 Å². The van der Waals surface area contributed by atoms with E-state index in [9.17, 15) is 8.42 Å². The van der Waals surface area contributed by atoms with Gasteiger partial charge in [-0.25, -0.2) is 12.7 Å². The number of furan rings is 1. The van der Waals surface area contributed by atoms with Crippen molar-refractivity contribution in [2.45, 2.75) is 33.7 Å². The van der Waals surface area contributed by atoms with E-state index >= 15 is 0 Å². The number of nitrogens with zero attached hydrogens (tertiary/aromatic N) is 2. The molecule has 0 saturated carbocycles. The molecule has 0 aliphatic carbocycles. The molecule has 24 heavy (non-hydrogen) atoms. The molecular formula is C15H29IN4O3S. The van der Waals surface area contributed by atoms with Gasteiger partial charge in [0.25, 0.3) is 0 Å². The second-order valence-corrected chi connectivity index (χ2v) is 7.30. The Morgan fingerprint density at radius 1 is 1.33 bits per heavy atom. The summed E-state index contributed by atoms with van der Waals surface area (Å²) in [4.78, 5) is 4.11. The summed E-state index contributed by atoms with van der Waals surface area (Å²) in [5.74, 6) is 2.23. The highest BCUT2D eigenvalue weighted by atomic mass is 127. The minimum Gasteiger partial charge on any atom is -0.464 e. The van der Waals surface area contributed by atoms with Crippen molar-refractivity contribution < 1.29 is 12.8 Å². The van der Waals surface area contributed by atoms with E-state index in [0.29, 0.717) is 25.6 Å². The first-order chi connectivity index (χ1) is 10.8. The van der Waals surface area contributed by atoms with Gasteiger partial charge in [0.15, 0.2) is 5.96 Å².